The molecule has 27 heavy (non-hydrogen) atoms. The molecule has 0 spiro atoms. The van der Waals surface area contributed by atoms with Crippen LogP contribution in [0.25, 0.3) is 11.5 Å². The first-order valence-corrected chi connectivity index (χ1v) is 9.15. The predicted molar refractivity (Wildman–Crippen MR) is 105 cm³/mol. The summed E-state index contributed by atoms with van der Waals surface area (Å²) in [5.41, 5.74) is 0.987. The number of rotatable bonds is 7. The topological polar surface area (TPSA) is 77.2 Å². The largest absolute Gasteiger partial charge is 0.494 e. The lowest BCUT2D eigenvalue weighted by molar-refractivity contribution is 0.102. The van der Waals surface area contributed by atoms with Gasteiger partial charge in [-0.3, -0.25) is 10.1 Å². The molecule has 0 atom stereocenters. The number of hydrogen-bond acceptors (Lipinski definition) is 5. The fraction of sp³-hybridized carbons (Fsp3) is 0.211. The predicted octanol–water partition coefficient (Wildman–Crippen LogP) is 5.47. The Morgan fingerprint density at radius 1 is 1.15 bits per heavy atom. The Hall–Kier alpha value is -2.57. The molecule has 0 unspecified atom stereocenters. The summed E-state index contributed by atoms with van der Waals surface area (Å²) < 4.78 is 11.1. The summed E-state index contributed by atoms with van der Waals surface area (Å²) >= 11 is 12.0. The van der Waals surface area contributed by atoms with E-state index in [1.165, 1.54) is 0 Å². The summed E-state index contributed by atoms with van der Waals surface area (Å²) in [5.74, 6) is 0.456. The third-order valence-corrected chi connectivity index (χ3v) is 4.05. The molecule has 140 valence electrons. The number of benzene rings is 2. The molecule has 2 aromatic carbocycles. The van der Waals surface area contributed by atoms with Gasteiger partial charge >= 0.3 is 6.01 Å². The average molecular weight is 406 g/mol. The summed E-state index contributed by atoms with van der Waals surface area (Å²) in [6.45, 7) is 2.69. The molecule has 3 rings (SSSR count). The highest BCUT2D eigenvalue weighted by molar-refractivity contribution is 6.35. The van der Waals surface area contributed by atoms with E-state index in [1.54, 1.807) is 42.5 Å². The molecule has 8 heteroatoms. The lowest BCUT2D eigenvalue weighted by atomic mass is 10.2. The quantitative estimate of drug-likeness (QED) is 0.526. The number of nitrogens with one attached hydrogen (secondary N) is 1. The number of carbonyl (C=O) groups is 1. The molecule has 0 aliphatic rings. The van der Waals surface area contributed by atoms with Gasteiger partial charge in [0.2, 0.25) is 5.89 Å². The average Bonchev–Trinajstić information content (AvgIpc) is 3.10. The van der Waals surface area contributed by atoms with Crippen LogP contribution in [0.5, 0.6) is 5.75 Å². The zero-order valence-electron chi connectivity index (χ0n) is 14.5. The van der Waals surface area contributed by atoms with Crippen molar-refractivity contribution >= 4 is 35.1 Å². The Morgan fingerprint density at radius 2 is 1.93 bits per heavy atom. The van der Waals surface area contributed by atoms with Crippen molar-refractivity contribution in [1.82, 2.24) is 10.2 Å². The minimum Gasteiger partial charge on any atom is -0.494 e. The third-order valence-electron chi connectivity index (χ3n) is 3.62. The number of nitrogens with zero attached hydrogens (tertiary/aromatic N) is 2. The molecule has 0 radical (unpaired) electrons. The molecule has 0 aliphatic heterocycles. The normalized spacial score (nSPS) is 10.6. The van der Waals surface area contributed by atoms with E-state index in [1.807, 2.05) is 0 Å². The van der Waals surface area contributed by atoms with Crippen molar-refractivity contribution in [1.29, 1.82) is 0 Å². The lowest BCUT2D eigenvalue weighted by Crippen LogP contribution is -2.12. The standard InChI is InChI=1S/C19H17Cl2N3O3/c1-2-3-7-26-16-6-4-5-12(10-16)17(25)22-19-24-23-18(27-19)13-8-14(20)11-15(21)9-13/h4-6,8-11H,2-3,7H2,1H3,(H,22,24,25). The maximum absolute atomic E-state index is 12.4. The fourth-order valence-corrected chi connectivity index (χ4v) is 2.82. The van der Waals surface area contributed by atoms with Crippen molar-refractivity contribution < 1.29 is 13.9 Å². The van der Waals surface area contributed by atoms with Crippen molar-refractivity contribution in [3.8, 4) is 17.2 Å². The molecule has 1 amide bonds. The number of halogens is 2. The Bertz CT molecular complexity index is 923. The molecule has 3 aromatic rings. The maximum Gasteiger partial charge on any atom is 0.322 e. The molecule has 1 N–H and O–H groups in total. The molecule has 0 saturated carbocycles. The summed E-state index contributed by atoms with van der Waals surface area (Å²) in [4.78, 5) is 12.4. The molecule has 1 aromatic heterocycles. The number of aromatic nitrogens is 2. The van der Waals surface area contributed by atoms with Gasteiger partial charge in [0.05, 0.1) is 6.61 Å². The number of carbonyl (C=O) groups excluding carboxylic acids is 1. The molecule has 0 bridgehead atoms. The van der Waals surface area contributed by atoms with Crippen molar-refractivity contribution in [3.63, 3.8) is 0 Å². The van der Waals surface area contributed by atoms with E-state index < -0.39 is 0 Å². The summed E-state index contributed by atoms with van der Waals surface area (Å²) in [6, 6.07) is 11.8. The Labute approximate surface area is 166 Å². The van der Waals surface area contributed by atoms with Gasteiger partial charge in [0, 0.05) is 21.2 Å². The SMILES string of the molecule is CCCCOc1cccc(C(=O)Nc2nnc(-c3cc(Cl)cc(Cl)c3)o2)c1. The van der Waals surface area contributed by atoms with Crippen LogP contribution in [-0.4, -0.2) is 22.7 Å². The highest BCUT2D eigenvalue weighted by Crippen LogP contribution is 2.27. The van der Waals surface area contributed by atoms with Crippen LogP contribution in [0, 0.1) is 0 Å². The van der Waals surface area contributed by atoms with Gasteiger partial charge in [0.1, 0.15) is 5.75 Å². The second kappa shape index (κ2) is 8.88. The minimum atomic E-state index is -0.379. The number of ether oxygens (including phenoxy) is 1. The zero-order valence-corrected chi connectivity index (χ0v) is 16.0. The first-order chi connectivity index (χ1) is 13.0. The van der Waals surface area contributed by atoms with E-state index in [-0.39, 0.29) is 17.8 Å². The van der Waals surface area contributed by atoms with E-state index >= 15 is 0 Å². The summed E-state index contributed by atoms with van der Waals surface area (Å²) in [7, 11) is 0. The second-order valence-electron chi connectivity index (χ2n) is 5.75. The van der Waals surface area contributed by atoms with Crippen molar-refractivity contribution in [2.45, 2.75) is 19.8 Å². The molecular weight excluding hydrogens is 389 g/mol. The van der Waals surface area contributed by atoms with Crippen LogP contribution in [0.1, 0.15) is 30.1 Å². The summed E-state index contributed by atoms with van der Waals surface area (Å²) in [5, 5.41) is 11.2. The first-order valence-electron chi connectivity index (χ1n) is 8.39. The van der Waals surface area contributed by atoms with Crippen molar-refractivity contribution in [2.75, 3.05) is 11.9 Å². The Kier molecular flexibility index (Phi) is 6.32. The third kappa shape index (κ3) is 5.21. The fourth-order valence-electron chi connectivity index (χ4n) is 2.30. The maximum atomic E-state index is 12.4. The zero-order chi connectivity index (χ0) is 19.2. The van der Waals surface area contributed by atoms with E-state index in [2.05, 4.69) is 22.4 Å². The molecule has 0 aliphatic carbocycles. The van der Waals surface area contributed by atoms with Gasteiger partial charge in [-0.1, -0.05) is 47.7 Å². The number of amides is 1. The minimum absolute atomic E-state index is 0.0246. The molecule has 0 saturated heterocycles. The van der Waals surface area contributed by atoms with Crippen molar-refractivity contribution in [2.24, 2.45) is 0 Å². The van der Waals surface area contributed by atoms with Crippen LogP contribution in [-0.2, 0) is 0 Å². The van der Waals surface area contributed by atoms with Crippen LogP contribution in [0.15, 0.2) is 46.9 Å². The van der Waals surface area contributed by atoms with Gasteiger partial charge in [-0.15, -0.1) is 5.10 Å². The smallest absolute Gasteiger partial charge is 0.322 e. The second-order valence-corrected chi connectivity index (χ2v) is 6.63. The van der Waals surface area contributed by atoms with Gasteiger partial charge in [-0.2, -0.15) is 0 Å². The van der Waals surface area contributed by atoms with Crippen LogP contribution in [0.4, 0.5) is 6.01 Å². The van der Waals surface area contributed by atoms with Crippen LogP contribution in [0.3, 0.4) is 0 Å². The van der Waals surface area contributed by atoms with Gasteiger partial charge in [-0.25, -0.2) is 0 Å². The van der Waals surface area contributed by atoms with Crippen molar-refractivity contribution in [3.05, 3.63) is 58.1 Å². The van der Waals surface area contributed by atoms with Crippen LogP contribution < -0.4 is 10.1 Å². The van der Waals surface area contributed by atoms with Crippen LogP contribution in [0.2, 0.25) is 10.0 Å². The van der Waals surface area contributed by atoms with Gasteiger partial charge < -0.3 is 9.15 Å². The van der Waals surface area contributed by atoms with Gasteiger partial charge in [0.15, 0.2) is 0 Å². The van der Waals surface area contributed by atoms with Gasteiger partial charge in [-0.05, 0) is 42.8 Å². The first kappa shape index (κ1) is 19.2. The number of hydrogen-bond donors (Lipinski definition) is 1. The van der Waals surface area contributed by atoms with Gasteiger partial charge in [0.25, 0.3) is 5.91 Å². The lowest BCUT2D eigenvalue weighted by Gasteiger charge is -2.07. The van der Waals surface area contributed by atoms with Crippen LogP contribution >= 0.6 is 23.2 Å². The van der Waals surface area contributed by atoms with E-state index in [0.717, 1.165) is 12.8 Å². The van der Waals surface area contributed by atoms with E-state index in [9.17, 15) is 4.79 Å². The molecule has 6 nitrogen and oxygen atoms in total. The van der Waals surface area contributed by atoms with E-state index in [4.69, 9.17) is 32.4 Å². The monoisotopic (exact) mass is 405 g/mol. The van der Waals surface area contributed by atoms with E-state index in [0.29, 0.717) is 33.5 Å². The number of anilines is 1. The summed E-state index contributed by atoms with van der Waals surface area (Å²) in [6.07, 6.45) is 1.99. The number of unbranched alkanes of at least 4 members (excludes halogenated alkanes) is 1. The Balaban J connectivity index is 1.70. The highest BCUT2D eigenvalue weighted by Gasteiger charge is 2.14. The Morgan fingerprint density at radius 3 is 2.67 bits per heavy atom. The molecular formula is C19H17Cl2N3O3. The molecule has 0 fully saturated rings. The highest BCUT2D eigenvalue weighted by atomic mass is 35.5. The molecule has 1 heterocycles.